The maximum atomic E-state index is 12.6. The molecule has 0 saturated carbocycles. The highest BCUT2D eigenvalue weighted by atomic mass is 32.2. The fourth-order valence-corrected chi connectivity index (χ4v) is 5.10. The molecule has 1 aliphatic heterocycles. The SMILES string of the molecule is O=C(Cc1ccc2c(c1)CCC2)Nc1ccc(S(=O)(=O)NC2=NCCCCC2)cc1. The normalized spacial score (nSPS) is 16.3. The van der Waals surface area contributed by atoms with Gasteiger partial charge >= 0.3 is 0 Å². The first-order chi connectivity index (χ1) is 14.5. The number of aryl methyl sites for hydroxylation is 2. The number of nitrogens with one attached hydrogen (secondary N) is 2. The van der Waals surface area contributed by atoms with Gasteiger partial charge in [-0.2, -0.15) is 0 Å². The van der Waals surface area contributed by atoms with Gasteiger partial charge < -0.3 is 5.32 Å². The van der Waals surface area contributed by atoms with E-state index in [1.807, 2.05) is 6.07 Å². The largest absolute Gasteiger partial charge is 0.326 e. The van der Waals surface area contributed by atoms with Crippen molar-refractivity contribution in [1.82, 2.24) is 4.72 Å². The summed E-state index contributed by atoms with van der Waals surface area (Å²) in [6.45, 7) is 0.660. The molecular formula is C23H27N3O3S. The van der Waals surface area contributed by atoms with Gasteiger partial charge in [-0.05, 0) is 73.1 Å². The Labute approximate surface area is 177 Å². The van der Waals surface area contributed by atoms with Crippen molar-refractivity contribution < 1.29 is 13.2 Å². The van der Waals surface area contributed by atoms with Crippen molar-refractivity contribution in [3.05, 3.63) is 59.2 Å². The summed E-state index contributed by atoms with van der Waals surface area (Å²) in [7, 11) is -3.67. The fourth-order valence-electron chi connectivity index (χ4n) is 4.01. The molecule has 1 amide bonds. The Kier molecular flexibility index (Phi) is 6.18. The molecule has 0 fully saturated rings. The molecule has 0 spiro atoms. The van der Waals surface area contributed by atoms with Crippen molar-refractivity contribution in [2.24, 2.45) is 4.99 Å². The number of amidine groups is 1. The predicted molar refractivity (Wildman–Crippen MR) is 118 cm³/mol. The van der Waals surface area contributed by atoms with Gasteiger partial charge in [0.15, 0.2) is 0 Å². The minimum absolute atomic E-state index is 0.116. The van der Waals surface area contributed by atoms with Gasteiger partial charge in [0.05, 0.1) is 11.3 Å². The van der Waals surface area contributed by atoms with Crippen LogP contribution in [0.25, 0.3) is 0 Å². The molecule has 1 aliphatic carbocycles. The van der Waals surface area contributed by atoms with Crippen LogP contribution in [-0.2, 0) is 34.1 Å². The van der Waals surface area contributed by atoms with Crippen LogP contribution in [0.3, 0.4) is 0 Å². The van der Waals surface area contributed by atoms with Crippen molar-refractivity contribution >= 4 is 27.5 Å². The van der Waals surface area contributed by atoms with Gasteiger partial charge in [0.25, 0.3) is 10.0 Å². The molecule has 2 aromatic rings. The van der Waals surface area contributed by atoms with E-state index in [-0.39, 0.29) is 10.8 Å². The highest BCUT2D eigenvalue weighted by Crippen LogP contribution is 2.23. The van der Waals surface area contributed by atoms with Crippen LogP contribution in [0.2, 0.25) is 0 Å². The standard InChI is InChI=1S/C23H27N3O3S/c27-23(16-17-8-9-18-5-4-6-19(18)15-17)25-20-10-12-21(13-11-20)30(28,29)26-22-7-2-1-3-14-24-22/h8-13,15H,1-7,14,16H2,(H,24,26)(H,25,27). The summed E-state index contributed by atoms with van der Waals surface area (Å²) in [5, 5.41) is 2.85. The molecule has 0 bridgehead atoms. The molecule has 30 heavy (non-hydrogen) atoms. The third-order valence-corrected chi connectivity index (χ3v) is 7.00. The second-order valence-corrected chi connectivity index (χ2v) is 9.63. The molecule has 2 aliphatic rings. The number of anilines is 1. The first-order valence-corrected chi connectivity index (χ1v) is 12.0. The third-order valence-electron chi connectivity index (χ3n) is 5.60. The number of aliphatic imine (C=N–C) groups is 1. The zero-order valence-corrected chi connectivity index (χ0v) is 17.8. The molecule has 6 nitrogen and oxygen atoms in total. The Balaban J connectivity index is 1.37. The Morgan fingerprint density at radius 2 is 1.70 bits per heavy atom. The number of fused-ring (bicyclic) bond motifs is 1. The molecule has 0 saturated heterocycles. The van der Waals surface area contributed by atoms with E-state index in [0.29, 0.717) is 30.9 Å². The summed E-state index contributed by atoms with van der Waals surface area (Å²) in [6, 6.07) is 12.5. The van der Waals surface area contributed by atoms with Crippen LogP contribution in [0.15, 0.2) is 52.4 Å². The van der Waals surface area contributed by atoms with Crippen LogP contribution in [0.5, 0.6) is 0 Å². The molecule has 2 N–H and O–H groups in total. The number of hydrogen-bond acceptors (Lipinski definition) is 4. The van der Waals surface area contributed by atoms with Crippen LogP contribution in [0.4, 0.5) is 5.69 Å². The van der Waals surface area contributed by atoms with E-state index in [4.69, 9.17) is 0 Å². The molecule has 158 valence electrons. The zero-order valence-electron chi connectivity index (χ0n) is 17.0. The van der Waals surface area contributed by atoms with Gasteiger partial charge in [-0.3, -0.25) is 14.5 Å². The number of carbonyl (C=O) groups is 1. The van der Waals surface area contributed by atoms with E-state index in [0.717, 1.165) is 37.7 Å². The molecule has 7 heteroatoms. The van der Waals surface area contributed by atoms with Gasteiger partial charge in [0.1, 0.15) is 5.84 Å². The number of nitrogens with zero attached hydrogens (tertiary/aromatic N) is 1. The first kappa shape index (κ1) is 20.6. The number of rotatable bonds is 5. The third kappa shape index (κ3) is 5.08. The molecule has 0 aromatic heterocycles. The van der Waals surface area contributed by atoms with E-state index in [9.17, 15) is 13.2 Å². The maximum absolute atomic E-state index is 12.6. The average Bonchev–Trinajstić information content (AvgIpc) is 3.04. The summed E-state index contributed by atoms with van der Waals surface area (Å²) < 4.78 is 27.8. The molecule has 1 heterocycles. The van der Waals surface area contributed by atoms with E-state index in [1.54, 1.807) is 12.1 Å². The van der Waals surface area contributed by atoms with Gasteiger partial charge in [-0.15, -0.1) is 0 Å². The van der Waals surface area contributed by atoms with Crippen molar-refractivity contribution in [3.63, 3.8) is 0 Å². The van der Waals surface area contributed by atoms with Gasteiger partial charge in [-0.25, -0.2) is 8.42 Å². The quantitative estimate of drug-likeness (QED) is 0.767. The van der Waals surface area contributed by atoms with E-state index in [2.05, 4.69) is 27.2 Å². The van der Waals surface area contributed by atoms with Gasteiger partial charge in [0.2, 0.25) is 5.91 Å². The van der Waals surface area contributed by atoms with E-state index < -0.39 is 10.0 Å². The highest BCUT2D eigenvalue weighted by Gasteiger charge is 2.17. The second-order valence-electron chi connectivity index (χ2n) is 7.95. The highest BCUT2D eigenvalue weighted by molar-refractivity contribution is 7.90. The topological polar surface area (TPSA) is 87.6 Å². The summed E-state index contributed by atoms with van der Waals surface area (Å²) in [4.78, 5) is 16.9. The monoisotopic (exact) mass is 425 g/mol. The fraction of sp³-hybridized carbons (Fsp3) is 0.391. The minimum atomic E-state index is -3.67. The Bertz CT molecular complexity index is 1060. The van der Waals surface area contributed by atoms with Crippen molar-refractivity contribution in [2.75, 3.05) is 11.9 Å². The van der Waals surface area contributed by atoms with Gasteiger partial charge in [-0.1, -0.05) is 24.6 Å². The summed E-state index contributed by atoms with van der Waals surface area (Å²) in [5.74, 6) is 0.411. The number of carbonyl (C=O) groups excluding carboxylic acids is 1. The lowest BCUT2D eigenvalue weighted by atomic mass is 10.0. The molecule has 2 aromatic carbocycles. The number of benzene rings is 2. The zero-order chi connectivity index (χ0) is 21.0. The summed E-state index contributed by atoms with van der Waals surface area (Å²) in [5.41, 5.74) is 4.31. The first-order valence-electron chi connectivity index (χ1n) is 10.6. The maximum Gasteiger partial charge on any atom is 0.262 e. The molecule has 0 radical (unpaired) electrons. The summed E-state index contributed by atoms with van der Waals surface area (Å²) >= 11 is 0. The predicted octanol–water partition coefficient (Wildman–Crippen LogP) is 3.61. The molecule has 4 rings (SSSR count). The van der Waals surface area contributed by atoms with E-state index >= 15 is 0 Å². The molecular weight excluding hydrogens is 398 g/mol. The van der Waals surface area contributed by atoms with Gasteiger partial charge in [0, 0.05) is 18.7 Å². The van der Waals surface area contributed by atoms with Crippen LogP contribution < -0.4 is 10.0 Å². The van der Waals surface area contributed by atoms with Crippen LogP contribution in [0, 0.1) is 0 Å². The Morgan fingerprint density at radius 3 is 2.53 bits per heavy atom. The minimum Gasteiger partial charge on any atom is -0.326 e. The molecule has 0 atom stereocenters. The average molecular weight is 426 g/mol. The smallest absolute Gasteiger partial charge is 0.262 e. The van der Waals surface area contributed by atoms with Crippen LogP contribution in [0.1, 0.15) is 48.8 Å². The number of amides is 1. The van der Waals surface area contributed by atoms with Crippen LogP contribution >= 0.6 is 0 Å². The van der Waals surface area contributed by atoms with Crippen molar-refractivity contribution in [1.29, 1.82) is 0 Å². The lowest BCUT2D eigenvalue weighted by Gasteiger charge is -2.11. The van der Waals surface area contributed by atoms with Crippen molar-refractivity contribution in [3.8, 4) is 0 Å². The van der Waals surface area contributed by atoms with Crippen molar-refractivity contribution in [2.45, 2.75) is 56.3 Å². The second kappa shape index (κ2) is 9.00. The number of hydrogen-bond donors (Lipinski definition) is 2. The van der Waals surface area contributed by atoms with Crippen LogP contribution in [-0.4, -0.2) is 26.7 Å². The lowest BCUT2D eigenvalue weighted by molar-refractivity contribution is -0.115. The molecule has 0 unspecified atom stereocenters. The Morgan fingerprint density at radius 1 is 0.900 bits per heavy atom. The Hall–Kier alpha value is -2.67. The number of sulfonamides is 1. The summed E-state index contributed by atoms with van der Waals surface area (Å²) in [6.07, 6.45) is 7.34. The van der Waals surface area contributed by atoms with E-state index in [1.165, 1.54) is 29.7 Å². The lowest BCUT2D eigenvalue weighted by Crippen LogP contribution is -2.30.